The van der Waals surface area contributed by atoms with Gasteiger partial charge in [0.15, 0.2) is 23.0 Å². The summed E-state index contributed by atoms with van der Waals surface area (Å²) < 4.78 is 22.0. The standard InChI is InChI=1S/C34H29N3O6/c1-3-22-11-8-12-25-30(23-9-6-5-7-10-23)32(36-31(22)25)33(38)37-35-19-21-13-15-27(28(17-21)40-4-2)43-34(39)24-14-16-26-29(18-24)42-20-41-26/h5-19,36H,3-4,20H2,1-2H3,(H,37,38). The number of hydrogen-bond donors (Lipinski definition) is 2. The Morgan fingerprint density at radius 2 is 1.77 bits per heavy atom. The SMILES string of the molecule is CCOc1cc(C=NNC(=O)c2[nH]c3c(CC)cccc3c2-c2ccccc2)ccc1OC(=O)c1ccc2c(c1)OCO2. The van der Waals surface area contributed by atoms with E-state index in [2.05, 4.69) is 28.5 Å². The average molecular weight is 576 g/mol. The summed E-state index contributed by atoms with van der Waals surface area (Å²) in [4.78, 5) is 29.6. The van der Waals surface area contributed by atoms with Crippen molar-refractivity contribution in [3.8, 4) is 34.1 Å². The van der Waals surface area contributed by atoms with Gasteiger partial charge in [0, 0.05) is 16.5 Å². The van der Waals surface area contributed by atoms with E-state index in [-0.39, 0.29) is 18.4 Å². The zero-order chi connectivity index (χ0) is 29.8. The number of aromatic amines is 1. The predicted octanol–water partition coefficient (Wildman–Crippen LogP) is 6.51. The molecule has 9 heteroatoms. The minimum absolute atomic E-state index is 0.113. The number of hydrogen-bond acceptors (Lipinski definition) is 7. The first-order valence-electron chi connectivity index (χ1n) is 14.0. The van der Waals surface area contributed by atoms with Gasteiger partial charge < -0.3 is 23.9 Å². The summed E-state index contributed by atoms with van der Waals surface area (Å²) in [6, 6.07) is 25.8. The molecule has 5 aromatic rings. The van der Waals surface area contributed by atoms with E-state index in [9.17, 15) is 9.59 Å². The highest BCUT2D eigenvalue weighted by Crippen LogP contribution is 2.35. The number of carbonyl (C=O) groups is 2. The van der Waals surface area contributed by atoms with Gasteiger partial charge in [-0.1, -0.05) is 55.5 Å². The largest absolute Gasteiger partial charge is 0.490 e. The van der Waals surface area contributed by atoms with E-state index >= 15 is 0 Å². The van der Waals surface area contributed by atoms with Gasteiger partial charge in [0.2, 0.25) is 6.79 Å². The molecular formula is C34H29N3O6. The molecule has 0 spiro atoms. The Balaban J connectivity index is 1.21. The van der Waals surface area contributed by atoms with Crippen LogP contribution in [0, 0.1) is 0 Å². The normalized spacial score (nSPS) is 12.0. The van der Waals surface area contributed by atoms with Crippen LogP contribution in [0.15, 0.2) is 90.0 Å². The second-order valence-electron chi connectivity index (χ2n) is 9.73. The Morgan fingerprint density at radius 3 is 2.58 bits per heavy atom. The first kappa shape index (κ1) is 27.6. The molecule has 0 unspecified atom stereocenters. The number of carbonyl (C=O) groups excluding carboxylic acids is 2. The molecule has 2 heterocycles. The second kappa shape index (κ2) is 12.1. The van der Waals surface area contributed by atoms with Crippen LogP contribution in [0.4, 0.5) is 0 Å². The molecule has 4 aromatic carbocycles. The zero-order valence-electron chi connectivity index (χ0n) is 23.7. The van der Waals surface area contributed by atoms with Gasteiger partial charge >= 0.3 is 5.97 Å². The minimum atomic E-state index is -0.563. The van der Waals surface area contributed by atoms with Crippen molar-refractivity contribution in [2.24, 2.45) is 5.10 Å². The summed E-state index contributed by atoms with van der Waals surface area (Å²) in [5.74, 6) is 0.749. The number of H-pyrrole nitrogens is 1. The third-order valence-electron chi connectivity index (χ3n) is 7.05. The second-order valence-corrected chi connectivity index (χ2v) is 9.73. The first-order chi connectivity index (χ1) is 21.1. The Labute approximate surface area is 248 Å². The molecule has 0 bridgehead atoms. The van der Waals surface area contributed by atoms with Gasteiger partial charge in [0.05, 0.1) is 18.4 Å². The Morgan fingerprint density at radius 1 is 0.930 bits per heavy atom. The summed E-state index contributed by atoms with van der Waals surface area (Å²) in [5.41, 5.74) is 7.85. The number of nitrogens with zero attached hydrogens (tertiary/aromatic N) is 1. The quantitative estimate of drug-likeness (QED) is 0.0898. The number of fused-ring (bicyclic) bond motifs is 2. The summed E-state index contributed by atoms with van der Waals surface area (Å²) in [7, 11) is 0. The molecule has 6 rings (SSSR count). The van der Waals surface area contributed by atoms with E-state index in [1.54, 1.807) is 36.4 Å². The summed E-state index contributed by atoms with van der Waals surface area (Å²) in [6.07, 6.45) is 2.33. The van der Waals surface area contributed by atoms with Gasteiger partial charge in [0.1, 0.15) is 5.69 Å². The molecular weight excluding hydrogens is 546 g/mol. The van der Waals surface area contributed by atoms with Gasteiger partial charge in [-0.05, 0) is 66.4 Å². The Bertz CT molecular complexity index is 1840. The molecule has 0 atom stereocenters. The fraction of sp³-hybridized carbons (Fsp3) is 0.147. The fourth-order valence-electron chi connectivity index (χ4n) is 5.01. The van der Waals surface area contributed by atoms with Crippen molar-refractivity contribution in [3.63, 3.8) is 0 Å². The van der Waals surface area contributed by atoms with Crippen LogP contribution in [-0.2, 0) is 6.42 Å². The van der Waals surface area contributed by atoms with Crippen LogP contribution < -0.4 is 24.4 Å². The number of hydrazone groups is 1. The number of nitrogens with one attached hydrogen (secondary N) is 2. The van der Waals surface area contributed by atoms with Crippen LogP contribution in [-0.4, -0.2) is 36.5 Å². The topological polar surface area (TPSA) is 111 Å². The molecule has 0 radical (unpaired) electrons. The van der Waals surface area contributed by atoms with Gasteiger partial charge in [-0.3, -0.25) is 4.79 Å². The molecule has 0 aliphatic carbocycles. The first-order valence-corrected chi connectivity index (χ1v) is 14.0. The lowest BCUT2D eigenvalue weighted by molar-refractivity contribution is 0.0727. The van der Waals surface area contributed by atoms with Crippen molar-refractivity contribution in [3.05, 3.63) is 107 Å². The molecule has 1 amide bonds. The van der Waals surface area contributed by atoms with Crippen LogP contribution in [0.25, 0.3) is 22.0 Å². The molecule has 43 heavy (non-hydrogen) atoms. The molecule has 0 saturated heterocycles. The predicted molar refractivity (Wildman–Crippen MR) is 163 cm³/mol. The van der Waals surface area contributed by atoms with Crippen molar-refractivity contribution in [2.75, 3.05) is 13.4 Å². The highest BCUT2D eigenvalue weighted by atomic mass is 16.7. The zero-order valence-corrected chi connectivity index (χ0v) is 23.7. The number of esters is 1. The van der Waals surface area contributed by atoms with Gasteiger partial charge in [-0.2, -0.15) is 5.10 Å². The molecule has 1 aromatic heterocycles. The maximum absolute atomic E-state index is 13.4. The molecule has 216 valence electrons. The van der Waals surface area contributed by atoms with Crippen LogP contribution in [0.5, 0.6) is 23.0 Å². The summed E-state index contributed by atoms with van der Waals surface area (Å²) >= 11 is 0. The van der Waals surface area contributed by atoms with E-state index in [1.807, 2.05) is 49.4 Å². The van der Waals surface area contributed by atoms with E-state index in [0.717, 1.165) is 34.0 Å². The highest BCUT2D eigenvalue weighted by Gasteiger charge is 2.21. The fourth-order valence-corrected chi connectivity index (χ4v) is 5.01. The minimum Gasteiger partial charge on any atom is -0.490 e. The lowest BCUT2D eigenvalue weighted by Crippen LogP contribution is -2.19. The van der Waals surface area contributed by atoms with Crippen LogP contribution in [0.1, 0.15) is 45.8 Å². The van der Waals surface area contributed by atoms with Crippen molar-refractivity contribution in [1.82, 2.24) is 10.4 Å². The number of ether oxygens (including phenoxy) is 4. The highest BCUT2D eigenvalue weighted by molar-refractivity contribution is 6.10. The Hall–Kier alpha value is -5.57. The molecule has 9 nitrogen and oxygen atoms in total. The van der Waals surface area contributed by atoms with Crippen molar-refractivity contribution >= 4 is 29.0 Å². The van der Waals surface area contributed by atoms with Crippen molar-refractivity contribution in [1.29, 1.82) is 0 Å². The molecule has 1 aliphatic heterocycles. The third kappa shape index (κ3) is 5.65. The molecule has 0 fully saturated rings. The number of aryl methyl sites for hydroxylation is 1. The van der Waals surface area contributed by atoms with Gasteiger partial charge in [-0.15, -0.1) is 0 Å². The molecule has 0 saturated carbocycles. The maximum atomic E-state index is 13.4. The number of amides is 1. The van der Waals surface area contributed by atoms with Crippen LogP contribution in [0.3, 0.4) is 0 Å². The monoisotopic (exact) mass is 575 g/mol. The lowest BCUT2D eigenvalue weighted by atomic mass is 10.00. The van der Waals surface area contributed by atoms with E-state index in [1.165, 1.54) is 6.21 Å². The maximum Gasteiger partial charge on any atom is 0.343 e. The summed E-state index contributed by atoms with van der Waals surface area (Å²) in [6.45, 7) is 4.39. The van der Waals surface area contributed by atoms with Gasteiger partial charge in [0.25, 0.3) is 5.91 Å². The number of rotatable bonds is 9. The lowest BCUT2D eigenvalue weighted by Gasteiger charge is -2.11. The average Bonchev–Trinajstić information content (AvgIpc) is 3.67. The van der Waals surface area contributed by atoms with E-state index < -0.39 is 5.97 Å². The molecule has 1 aliphatic rings. The number of benzene rings is 4. The van der Waals surface area contributed by atoms with Crippen molar-refractivity contribution in [2.45, 2.75) is 20.3 Å². The van der Waals surface area contributed by atoms with E-state index in [4.69, 9.17) is 18.9 Å². The smallest absolute Gasteiger partial charge is 0.343 e. The Kier molecular flexibility index (Phi) is 7.78. The number of para-hydroxylation sites is 1. The number of aromatic nitrogens is 1. The van der Waals surface area contributed by atoms with Crippen LogP contribution in [0.2, 0.25) is 0 Å². The summed E-state index contributed by atoms with van der Waals surface area (Å²) in [5, 5.41) is 5.18. The van der Waals surface area contributed by atoms with Crippen LogP contribution >= 0.6 is 0 Å². The van der Waals surface area contributed by atoms with E-state index in [0.29, 0.717) is 40.7 Å². The third-order valence-corrected chi connectivity index (χ3v) is 7.05. The van der Waals surface area contributed by atoms with Gasteiger partial charge in [-0.25, -0.2) is 10.2 Å². The molecule has 2 N–H and O–H groups in total. The van der Waals surface area contributed by atoms with Crippen molar-refractivity contribution < 1.29 is 28.5 Å².